The Morgan fingerprint density at radius 2 is 2.00 bits per heavy atom. The van der Waals surface area contributed by atoms with Crippen LogP contribution in [0.25, 0.3) is 0 Å². The summed E-state index contributed by atoms with van der Waals surface area (Å²) in [5.74, 6) is -0.0680. The van der Waals surface area contributed by atoms with Crippen LogP contribution >= 0.6 is 11.3 Å². The smallest absolute Gasteiger partial charge is 0.416 e. The topological polar surface area (TPSA) is 42.4 Å². The number of amides is 1. The Morgan fingerprint density at radius 1 is 1.35 bits per heavy atom. The van der Waals surface area contributed by atoms with Crippen molar-refractivity contribution < 1.29 is 22.7 Å². The van der Waals surface area contributed by atoms with Gasteiger partial charge in [-0.05, 0) is 31.2 Å². The fraction of sp³-hybridized carbons (Fsp3) is 0.333. The minimum atomic E-state index is -4.39. The van der Waals surface area contributed by atoms with E-state index in [-0.39, 0.29) is 11.7 Å². The molecule has 0 aliphatic rings. The number of likely N-dealkylation sites (N-methyl/N-ethyl adjacent to an activating group) is 1. The Hall–Kier alpha value is -2.09. The van der Waals surface area contributed by atoms with Crippen LogP contribution in [0.5, 0.6) is 5.75 Å². The van der Waals surface area contributed by atoms with Crippen LogP contribution in [-0.2, 0) is 17.5 Å². The summed E-state index contributed by atoms with van der Waals surface area (Å²) in [7, 11) is 1.62. The van der Waals surface area contributed by atoms with Gasteiger partial charge < -0.3 is 9.64 Å². The van der Waals surface area contributed by atoms with E-state index in [1.165, 1.54) is 28.4 Å². The fourth-order valence-corrected chi connectivity index (χ4v) is 2.57. The Kier molecular flexibility index (Phi) is 5.25. The van der Waals surface area contributed by atoms with Crippen LogP contribution in [-0.4, -0.2) is 28.9 Å². The Morgan fingerprint density at radius 3 is 2.52 bits per heavy atom. The van der Waals surface area contributed by atoms with E-state index in [1.54, 1.807) is 20.2 Å². The van der Waals surface area contributed by atoms with Crippen LogP contribution in [0, 0.1) is 0 Å². The maximum absolute atomic E-state index is 12.5. The molecule has 0 radical (unpaired) electrons. The molecule has 0 saturated heterocycles. The zero-order valence-electron chi connectivity index (χ0n) is 12.5. The molecule has 1 heterocycles. The first-order valence-electron chi connectivity index (χ1n) is 6.74. The molecule has 0 N–H and O–H groups in total. The van der Waals surface area contributed by atoms with Crippen molar-refractivity contribution in [1.29, 1.82) is 0 Å². The molecule has 1 aromatic heterocycles. The van der Waals surface area contributed by atoms with Crippen molar-refractivity contribution in [3.8, 4) is 5.75 Å². The van der Waals surface area contributed by atoms with E-state index in [2.05, 4.69) is 4.98 Å². The van der Waals surface area contributed by atoms with E-state index in [4.69, 9.17) is 4.74 Å². The SMILES string of the molecule is CC(Oc1ccc(C(F)(F)F)cc1)C(=O)N(C)Cc1nccs1. The molecule has 23 heavy (non-hydrogen) atoms. The van der Waals surface area contributed by atoms with E-state index >= 15 is 0 Å². The molecule has 1 unspecified atom stereocenters. The molecule has 1 amide bonds. The first-order valence-corrected chi connectivity index (χ1v) is 7.62. The predicted molar refractivity (Wildman–Crippen MR) is 80.1 cm³/mol. The maximum atomic E-state index is 12.5. The number of rotatable bonds is 5. The standard InChI is InChI=1S/C15H15F3N2O2S/c1-10(14(21)20(2)9-13-19-7-8-23-13)22-12-5-3-11(4-6-12)15(16,17)18/h3-8,10H,9H2,1-2H3. The fourth-order valence-electron chi connectivity index (χ4n) is 1.90. The second-order valence-electron chi connectivity index (χ2n) is 4.90. The summed E-state index contributed by atoms with van der Waals surface area (Å²) in [5, 5.41) is 2.61. The van der Waals surface area contributed by atoms with Gasteiger partial charge in [-0.2, -0.15) is 13.2 Å². The van der Waals surface area contributed by atoms with Gasteiger partial charge in [-0.3, -0.25) is 4.79 Å². The van der Waals surface area contributed by atoms with Gasteiger partial charge in [-0.1, -0.05) is 0 Å². The molecule has 0 aliphatic carbocycles. The third kappa shape index (κ3) is 4.69. The molecule has 0 aliphatic heterocycles. The summed E-state index contributed by atoms with van der Waals surface area (Å²) >= 11 is 1.44. The monoisotopic (exact) mass is 344 g/mol. The molecule has 4 nitrogen and oxygen atoms in total. The predicted octanol–water partition coefficient (Wildman–Crippen LogP) is 3.59. The van der Waals surface area contributed by atoms with E-state index < -0.39 is 17.8 Å². The number of carbonyl (C=O) groups excluding carboxylic acids is 1. The van der Waals surface area contributed by atoms with Crippen molar-refractivity contribution in [2.45, 2.75) is 25.7 Å². The van der Waals surface area contributed by atoms with Gasteiger partial charge in [0.15, 0.2) is 6.10 Å². The lowest BCUT2D eigenvalue weighted by atomic mass is 10.2. The third-order valence-electron chi connectivity index (χ3n) is 3.07. The van der Waals surface area contributed by atoms with Crippen LogP contribution < -0.4 is 4.74 Å². The molecule has 0 spiro atoms. The number of hydrogen-bond acceptors (Lipinski definition) is 4. The first-order chi connectivity index (χ1) is 10.8. The number of halogens is 3. The van der Waals surface area contributed by atoms with Gasteiger partial charge in [0.1, 0.15) is 10.8 Å². The maximum Gasteiger partial charge on any atom is 0.416 e. The largest absolute Gasteiger partial charge is 0.481 e. The highest BCUT2D eigenvalue weighted by molar-refractivity contribution is 7.09. The molecule has 124 valence electrons. The van der Waals surface area contributed by atoms with Crippen molar-refractivity contribution in [3.05, 3.63) is 46.4 Å². The first kappa shape index (κ1) is 17.3. The lowest BCUT2D eigenvalue weighted by molar-refractivity contribution is -0.138. The number of ether oxygens (including phenoxy) is 1. The average molecular weight is 344 g/mol. The second kappa shape index (κ2) is 6.99. The van der Waals surface area contributed by atoms with Gasteiger partial charge in [0.2, 0.25) is 0 Å². The van der Waals surface area contributed by atoms with E-state index in [0.717, 1.165) is 17.1 Å². The van der Waals surface area contributed by atoms with Crippen LogP contribution in [0.4, 0.5) is 13.2 Å². The van der Waals surface area contributed by atoms with Gasteiger partial charge >= 0.3 is 6.18 Å². The molecule has 2 aromatic rings. The Labute approximate surface area is 135 Å². The average Bonchev–Trinajstić information content (AvgIpc) is 2.98. The minimum Gasteiger partial charge on any atom is -0.481 e. The molecule has 1 aromatic carbocycles. The van der Waals surface area contributed by atoms with Crippen LogP contribution in [0.15, 0.2) is 35.8 Å². The minimum absolute atomic E-state index is 0.210. The summed E-state index contributed by atoms with van der Waals surface area (Å²) < 4.78 is 42.9. The van der Waals surface area contributed by atoms with Crippen LogP contribution in [0.1, 0.15) is 17.5 Å². The summed E-state index contributed by atoms with van der Waals surface area (Å²) in [6, 6.07) is 4.25. The number of thiazole rings is 1. The summed E-state index contributed by atoms with van der Waals surface area (Å²) in [6.07, 6.45) is -3.55. The number of hydrogen-bond donors (Lipinski definition) is 0. The zero-order chi connectivity index (χ0) is 17.0. The van der Waals surface area contributed by atoms with Crippen LogP contribution in [0.2, 0.25) is 0 Å². The normalized spacial score (nSPS) is 12.7. The van der Waals surface area contributed by atoms with Gasteiger partial charge in [0, 0.05) is 18.6 Å². The summed E-state index contributed by atoms with van der Waals surface area (Å²) in [6.45, 7) is 1.91. The van der Waals surface area contributed by atoms with Crippen molar-refractivity contribution >= 4 is 17.2 Å². The number of aromatic nitrogens is 1. The Balaban J connectivity index is 1.95. The number of benzene rings is 1. The number of carbonyl (C=O) groups is 1. The van der Waals surface area contributed by atoms with Gasteiger partial charge in [0.25, 0.3) is 5.91 Å². The highest BCUT2D eigenvalue weighted by atomic mass is 32.1. The molecule has 1 atom stereocenters. The number of alkyl halides is 3. The summed E-state index contributed by atoms with van der Waals surface area (Å²) in [4.78, 5) is 17.8. The zero-order valence-corrected chi connectivity index (χ0v) is 13.3. The highest BCUT2D eigenvalue weighted by Crippen LogP contribution is 2.30. The Bertz CT molecular complexity index is 642. The molecular formula is C15H15F3N2O2S. The summed E-state index contributed by atoms with van der Waals surface area (Å²) in [5.41, 5.74) is -0.760. The molecular weight excluding hydrogens is 329 g/mol. The number of nitrogens with zero attached hydrogens (tertiary/aromatic N) is 2. The molecule has 0 fully saturated rings. The lowest BCUT2D eigenvalue weighted by Crippen LogP contribution is -2.37. The van der Waals surface area contributed by atoms with Gasteiger partial charge in [-0.15, -0.1) is 11.3 Å². The molecule has 8 heteroatoms. The molecule has 2 rings (SSSR count). The third-order valence-corrected chi connectivity index (χ3v) is 3.84. The van der Waals surface area contributed by atoms with Crippen molar-refractivity contribution in [2.75, 3.05) is 7.05 Å². The van der Waals surface area contributed by atoms with Crippen molar-refractivity contribution in [1.82, 2.24) is 9.88 Å². The lowest BCUT2D eigenvalue weighted by Gasteiger charge is -2.21. The molecule has 0 bridgehead atoms. The van der Waals surface area contributed by atoms with Crippen LogP contribution in [0.3, 0.4) is 0 Å². The van der Waals surface area contributed by atoms with Crippen molar-refractivity contribution in [2.24, 2.45) is 0 Å². The van der Waals surface area contributed by atoms with Gasteiger partial charge in [0.05, 0.1) is 12.1 Å². The molecule has 0 saturated carbocycles. The van der Waals surface area contributed by atoms with Gasteiger partial charge in [-0.25, -0.2) is 4.98 Å². The van der Waals surface area contributed by atoms with E-state index in [1.807, 2.05) is 5.38 Å². The van der Waals surface area contributed by atoms with E-state index in [9.17, 15) is 18.0 Å². The highest BCUT2D eigenvalue weighted by Gasteiger charge is 2.30. The van der Waals surface area contributed by atoms with E-state index in [0.29, 0.717) is 6.54 Å². The van der Waals surface area contributed by atoms with Crippen molar-refractivity contribution in [3.63, 3.8) is 0 Å². The quantitative estimate of drug-likeness (QED) is 0.832. The second-order valence-corrected chi connectivity index (χ2v) is 5.88.